The molecule has 0 spiro atoms. The summed E-state index contributed by atoms with van der Waals surface area (Å²) in [5.74, 6) is 0.959. The summed E-state index contributed by atoms with van der Waals surface area (Å²) >= 11 is 0. The standard InChI is InChI=1S/C13H26/c1-6-8-11-9-7-10-12(2,3)13(11,4)5/h11H,6-10H2,1-5H3. The van der Waals surface area contributed by atoms with Crippen LogP contribution in [0.4, 0.5) is 0 Å². The quantitative estimate of drug-likeness (QED) is 0.583. The monoisotopic (exact) mass is 182 g/mol. The topological polar surface area (TPSA) is 0 Å². The molecule has 0 saturated heterocycles. The second kappa shape index (κ2) is 3.63. The smallest absolute Gasteiger partial charge is 0.0275 e. The van der Waals surface area contributed by atoms with Gasteiger partial charge in [-0.3, -0.25) is 0 Å². The average Bonchev–Trinajstić information content (AvgIpc) is 2.00. The average molecular weight is 182 g/mol. The molecule has 0 radical (unpaired) electrons. The van der Waals surface area contributed by atoms with E-state index >= 15 is 0 Å². The van der Waals surface area contributed by atoms with Crippen LogP contribution in [-0.2, 0) is 0 Å². The SMILES string of the molecule is CCCC1CCCC(C)(C)C1(C)C. The van der Waals surface area contributed by atoms with Crippen LogP contribution in [0.1, 0.15) is 66.7 Å². The lowest BCUT2D eigenvalue weighted by atomic mass is 9.54. The van der Waals surface area contributed by atoms with Crippen LogP contribution >= 0.6 is 0 Å². The van der Waals surface area contributed by atoms with Gasteiger partial charge >= 0.3 is 0 Å². The summed E-state index contributed by atoms with van der Waals surface area (Å²) in [5.41, 5.74) is 1.09. The highest BCUT2D eigenvalue weighted by molar-refractivity contribution is 4.94. The van der Waals surface area contributed by atoms with Gasteiger partial charge in [0.15, 0.2) is 0 Å². The van der Waals surface area contributed by atoms with E-state index in [9.17, 15) is 0 Å². The van der Waals surface area contributed by atoms with E-state index in [1.165, 1.54) is 32.1 Å². The molecule has 78 valence electrons. The molecule has 1 unspecified atom stereocenters. The fourth-order valence-electron chi connectivity index (χ4n) is 2.88. The highest BCUT2D eigenvalue weighted by Gasteiger charge is 2.44. The van der Waals surface area contributed by atoms with Gasteiger partial charge in [0.2, 0.25) is 0 Å². The Bertz CT molecular complexity index is 163. The molecule has 1 aliphatic rings. The molecule has 0 nitrogen and oxygen atoms in total. The minimum Gasteiger partial charge on any atom is -0.0654 e. The maximum absolute atomic E-state index is 2.48. The van der Waals surface area contributed by atoms with Gasteiger partial charge in [0.1, 0.15) is 0 Å². The van der Waals surface area contributed by atoms with Crippen LogP contribution < -0.4 is 0 Å². The first-order valence-corrected chi connectivity index (χ1v) is 5.92. The second-order valence-electron chi connectivity index (χ2n) is 5.98. The fraction of sp³-hybridized carbons (Fsp3) is 1.00. The van der Waals surface area contributed by atoms with Gasteiger partial charge in [0, 0.05) is 0 Å². The van der Waals surface area contributed by atoms with E-state index in [1.807, 2.05) is 0 Å². The van der Waals surface area contributed by atoms with Crippen molar-refractivity contribution >= 4 is 0 Å². The fourth-order valence-corrected chi connectivity index (χ4v) is 2.88. The highest BCUT2D eigenvalue weighted by atomic mass is 14.5. The van der Waals surface area contributed by atoms with E-state index in [4.69, 9.17) is 0 Å². The summed E-state index contributed by atoms with van der Waals surface area (Å²) in [6.45, 7) is 12.2. The van der Waals surface area contributed by atoms with Crippen molar-refractivity contribution in [3.8, 4) is 0 Å². The Kier molecular flexibility index (Phi) is 3.09. The normalized spacial score (nSPS) is 31.6. The zero-order chi connectivity index (χ0) is 10.1. The predicted octanol–water partition coefficient (Wildman–Crippen LogP) is 4.64. The van der Waals surface area contributed by atoms with Gasteiger partial charge in [-0.2, -0.15) is 0 Å². The van der Waals surface area contributed by atoms with Crippen molar-refractivity contribution in [3.05, 3.63) is 0 Å². The maximum atomic E-state index is 2.48. The minimum atomic E-state index is 0.543. The zero-order valence-corrected chi connectivity index (χ0v) is 10.1. The summed E-state index contributed by atoms with van der Waals surface area (Å²) in [6, 6.07) is 0. The molecule has 0 aromatic heterocycles. The molecule has 1 aliphatic carbocycles. The summed E-state index contributed by atoms with van der Waals surface area (Å²) in [7, 11) is 0. The Balaban J connectivity index is 2.75. The molecule has 0 bridgehead atoms. The Hall–Kier alpha value is 0. The van der Waals surface area contributed by atoms with Crippen molar-refractivity contribution in [2.75, 3.05) is 0 Å². The number of hydrogen-bond donors (Lipinski definition) is 0. The van der Waals surface area contributed by atoms with Crippen LogP contribution in [0.25, 0.3) is 0 Å². The lowest BCUT2D eigenvalue weighted by Crippen LogP contribution is -2.42. The van der Waals surface area contributed by atoms with Crippen molar-refractivity contribution in [1.82, 2.24) is 0 Å². The molecule has 13 heavy (non-hydrogen) atoms. The van der Waals surface area contributed by atoms with Gasteiger partial charge in [0.05, 0.1) is 0 Å². The van der Waals surface area contributed by atoms with E-state index in [0.717, 1.165) is 5.92 Å². The van der Waals surface area contributed by atoms with Gasteiger partial charge in [0.25, 0.3) is 0 Å². The minimum absolute atomic E-state index is 0.543. The predicted molar refractivity (Wildman–Crippen MR) is 59.8 cm³/mol. The van der Waals surface area contributed by atoms with Crippen molar-refractivity contribution in [2.24, 2.45) is 16.7 Å². The summed E-state index contributed by atoms with van der Waals surface area (Å²) in [6.07, 6.45) is 7.10. The van der Waals surface area contributed by atoms with Crippen LogP contribution in [-0.4, -0.2) is 0 Å². The third-order valence-corrected chi connectivity index (χ3v) is 4.76. The van der Waals surface area contributed by atoms with Crippen molar-refractivity contribution in [2.45, 2.75) is 66.7 Å². The first kappa shape index (κ1) is 11.1. The van der Waals surface area contributed by atoms with E-state index in [0.29, 0.717) is 10.8 Å². The molecule has 1 fully saturated rings. The van der Waals surface area contributed by atoms with E-state index in [2.05, 4.69) is 34.6 Å². The molecule has 0 aromatic rings. The Morgan fingerprint density at radius 2 is 1.77 bits per heavy atom. The number of rotatable bonds is 2. The molecule has 0 heterocycles. The van der Waals surface area contributed by atoms with E-state index in [-0.39, 0.29) is 0 Å². The van der Waals surface area contributed by atoms with E-state index in [1.54, 1.807) is 0 Å². The van der Waals surface area contributed by atoms with Gasteiger partial charge in [-0.15, -0.1) is 0 Å². The first-order chi connectivity index (χ1) is 5.92. The zero-order valence-electron chi connectivity index (χ0n) is 10.1. The lowest BCUT2D eigenvalue weighted by Gasteiger charge is -2.51. The molecule has 1 saturated carbocycles. The lowest BCUT2D eigenvalue weighted by molar-refractivity contribution is -0.0134. The van der Waals surface area contributed by atoms with Gasteiger partial charge in [-0.1, -0.05) is 53.9 Å². The third-order valence-electron chi connectivity index (χ3n) is 4.76. The number of hydrogen-bond acceptors (Lipinski definition) is 0. The second-order valence-corrected chi connectivity index (χ2v) is 5.98. The molecule has 1 rings (SSSR count). The van der Waals surface area contributed by atoms with Crippen molar-refractivity contribution in [1.29, 1.82) is 0 Å². The van der Waals surface area contributed by atoms with Crippen LogP contribution in [0.3, 0.4) is 0 Å². The molecule has 0 aromatic carbocycles. The van der Waals surface area contributed by atoms with Crippen molar-refractivity contribution in [3.63, 3.8) is 0 Å². The molecular formula is C13H26. The molecule has 0 amide bonds. The van der Waals surface area contributed by atoms with Crippen LogP contribution in [0, 0.1) is 16.7 Å². The summed E-state index contributed by atoms with van der Waals surface area (Å²) in [5, 5.41) is 0. The van der Waals surface area contributed by atoms with Crippen LogP contribution in [0.15, 0.2) is 0 Å². The highest BCUT2D eigenvalue weighted by Crippen LogP contribution is 2.54. The molecule has 0 aliphatic heterocycles. The Morgan fingerprint density at radius 1 is 1.15 bits per heavy atom. The van der Waals surface area contributed by atoms with E-state index < -0.39 is 0 Å². The molecule has 0 N–H and O–H groups in total. The first-order valence-electron chi connectivity index (χ1n) is 5.92. The third kappa shape index (κ3) is 1.92. The molecule has 1 atom stereocenters. The maximum Gasteiger partial charge on any atom is -0.0275 e. The van der Waals surface area contributed by atoms with Crippen molar-refractivity contribution < 1.29 is 0 Å². The van der Waals surface area contributed by atoms with Gasteiger partial charge in [-0.05, 0) is 29.6 Å². The summed E-state index contributed by atoms with van der Waals surface area (Å²) in [4.78, 5) is 0. The molecular weight excluding hydrogens is 156 g/mol. The van der Waals surface area contributed by atoms with Crippen LogP contribution in [0.2, 0.25) is 0 Å². The summed E-state index contributed by atoms with van der Waals surface area (Å²) < 4.78 is 0. The Morgan fingerprint density at radius 3 is 2.31 bits per heavy atom. The van der Waals surface area contributed by atoms with Gasteiger partial charge in [-0.25, -0.2) is 0 Å². The van der Waals surface area contributed by atoms with Gasteiger partial charge < -0.3 is 0 Å². The largest absolute Gasteiger partial charge is 0.0654 e. The molecule has 0 heteroatoms. The Labute approximate surface area is 84.1 Å². The van der Waals surface area contributed by atoms with Crippen LogP contribution in [0.5, 0.6) is 0 Å².